The minimum Gasteiger partial charge on any atom is -0.353 e. The molecule has 0 aliphatic carbocycles. The third-order valence-corrected chi connectivity index (χ3v) is 3.88. The van der Waals surface area contributed by atoms with E-state index in [1.165, 1.54) is 0 Å². The van der Waals surface area contributed by atoms with Crippen molar-refractivity contribution in [2.75, 3.05) is 46.3 Å². The number of amides is 1. The van der Waals surface area contributed by atoms with E-state index in [-0.39, 0.29) is 17.9 Å². The Morgan fingerprint density at radius 2 is 1.94 bits per heavy atom. The second kappa shape index (κ2) is 7.71. The highest BCUT2D eigenvalue weighted by Crippen LogP contribution is 2.05. The Bertz CT molecular complexity index is 251. The lowest BCUT2D eigenvalue weighted by atomic mass is 9.99. The van der Waals surface area contributed by atoms with E-state index in [0.717, 1.165) is 39.1 Å². The van der Waals surface area contributed by atoms with Gasteiger partial charge in [0.25, 0.3) is 0 Å². The summed E-state index contributed by atoms with van der Waals surface area (Å²) in [6.45, 7) is 10.1. The third-order valence-electron chi connectivity index (χ3n) is 3.88. The van der Waals surface area contributed by atoms with Gasteiger partial charge >= 0.3 is 0 Å². The smallest absolute Gasteiger partial charge is 0.237 e. The van der Waals surface area contributed by atoms with Gasteiger partial charge in [-0.25, -0.2) is 0 Å². The summed E-state index contributed by atoms with van der Waals surface area (Å²) in [5, 5.41) is 2.94. The molecule has 1 heterocycles. The van der Waals surface area contributed by atoms with Crippen molar-refractivity contribution in [1.29, 1.82) is 0 Å². The monoisotopic (exact) mass is 256 g/mol. The molecule has 1 amide bonds. The molecule has 18 heavy (non-hydrogen) atoms. The first-order valence-electron chi connectivity index (χ1n) is 6.98. The minimum atomic E-state index is -0.373. The Morgan fingerprint density at radius 3 is 2.50 bits per heavy atom. The van der Waals surface area contributed by atoms with Gasteiger partial charge in [0, 0.05) is 39.3 Å². The molecular weight excluding hydrogens is 228 g/mol. The average Bonchev–Trinajstić information content (AvgIpc) is 2.39. The Kier molecular flexibility index (Phi) is 6.60. The van der Waals surface area contributed by atoms with Crippen molar-refractivity contribution in [3.63, 3.8) is 0 Å². The molecule has 0 spiro atoms. The molecule has 2 unspecified atom stereocenters. The fourth-order valence-electron chi connectivity index (χ4n) is 2.04. The molecule has 2 atom stereocenters. The lowest BCUT2D eigenvalue weighted by Crippen LogP contribution is -2.49. The first-order chi connectivity index (χ1) is 8.54. The molecule has 1 saturated heterocycles. The van der Waals surface area contributed by atoms with Crippen LogP contribution in [0.3, 0.4) is 0 Å². The van der Waals surface area contributed by atoms with Crippen LogP contribution in [0.4, 0.5) is 0 Å². The summed E-state index contributed by atoms with van der Waals surface area (Å²) >= 11 is 0. The molecule has 3 N–H and O–H groups in total. The Hall–Kier alpha value is -0.650. The quantitative estimate of drug-likeness (QED) is 0.686. The first-order valence-corrected chi connectivity index (χ1v) is 6.98. The Morgan fingerprint density at radius 1 is 1.33 bits per heavy atom. The van der Waals surface area contributed by atoms with Gasteiger partial charge in [0.05, 0.1) is 6.04 Å². The van der Waals surface area contributed by atoms with E-state index in [0.29, 0.717) is 6.54 Å². The molecule has 0 aromatic carbocycles. The van der Waals surface area contributed by atoms with Gasteiger partial charge in [0.15, 0.2) is 0 Å². The average molecular weight is 256 g/mol. The summed E-state index contributed by atoms with van der Waals surface area (Å²) < 4.78 is 0. The minimum absolute atomic E-state index is 0.0153. The predicted molar refractivity (Wildman–Crippen MR) is 74.4 cm³/mol. The SMILES string of the molecule is CCC(C)C(N)C(=O)NCCN1CCN(C)CC1. The summed E-state index contributed by atoms with van der Waals surface area (Å²) in [5.41, 5.74) is 5.88. The van der Waals surface area contributed by atoms with Crippen molar-refractivity contribution in [3.05, 3.63) is 0 Å². The van der Waals surface area contributed by atoms with Crippen molar-refractivity contribution < 1.29 is 4.79 Å². The van der Waals surface area contributed by atoms with Gasteiger partial charge in [0.2, 0.25) is 5.91 Å². The maximum atomic E-state index is 11.8. The van der Waals surface area contributed by atoms with Crippen molar-refractivity contribution in [2.45, 2.75) is 26.3 Å². The van der Waals surface area contributed by atoms with E-state index < -0.39 is 0 Å². The summed E-state index contributed by atoms with van der Waals surface area (Å²) in [5.74, 6) is 0.229. The van der Waals surface area contributed by atoms with Crippen LogP contribution in [0.1, 0.15) is 20.3 Å². The van der Waals surface area contributed by atoms with E-state index in [1.54, 1.807) is 0 Å². The molecule has 1 aliphatic rings. The molecule has 0 saturated carbocycles. The Balaban J connectivity index is 2.15. The maximum Gasteiger partial charge on any atom is 0.237 e. The highest BCUT2D eigenvalue weighted by molar-refractivity contribution is 5.81. The Labute approximate surface area is 111 Å². The molecule has 0 radical (unpaired) electrons. The molecule has 0 aromatic heterocycles. The summed E-state index contributed by atoms with van der Waals surface area (Å²) in [6, 6.07) is -0.373. The normalized spacial score (nSPS) is 21.6. The highest BCUT2D eigenvalue weighted by atomic mass is 16.2. The molecule has 1 aliphatic heterocycles. The van der Waals surface area contributed by atoms with Crippen molar-refractivity contribution in [3.8, 4) is 0 Å². The number of rotatable bonds is 6. The van der Waals surface area contributed by atoms with Crippen LogP contribution in [0, 0.1) is 5.92 Å². The zero-order valence-corrected chi connectivity index (χ0v) is 12.0. The van der Waals surface area contributed by atoms with Crippen molar-refractivity contribution >= 4 is 5.91 Å². The number of nitrogens with one attached hydrogen (secondary N) is 1. The number of nitrogens with two attached hydrogens (primary N) is 1. The lowest BCUT2D eigenvalue weighted by Gasteiger charge is -2.32. The van der Waals surface area contributed by atoms with Gasteiger partial charge in [-0.05, 0) is 13.0 Å². The van der Waals surface area contributed by atoms with Crippen LogP contribution in [0.15, 0.2) is 0 Å². The third kappa shape index (κ3) is 4.92. The number of carbonyl (C=O) groups excluding carboxylic acids is 1. The van der Waals surface area contributed by atoms with E-state index in [4.69, 9.17) is 5.73 Å². The standard InChI is InChI=1S/C13H28N4O/c1-4-11(2)12(14)13(18)15-5-6-17-9-7-16(3)8-10-17/h11-12H,4-10,14H2,1-3H3,(H,15,18). The maximum absolute atomic E-state index is 11.8. The van der Waals surface area contributed by atoms with Gasteiger partial charge in [-0.3, -0.25) is 9.69 Å². The number of carbonyl (C=O) groups is 1. The van der Waals surface area contributed by atoms with Crippen LogP contribution >= 0.6 is 0 Å². The summed E-state index contributed by atoms with van der Waals surface area (Å²) in [6.07, 6.45) is 0.938. The lowest BCUT2D eigenvalue weighted by molar-refractivity contribution is -0.123. The first kappa shape index (κ1) is 15.4. The van der Waals surface area contributed by atoms with Gasteiger partial charge in [-0.2, -0.15) is 0 Å². The topological polar surface area (TPSA) is 61.6 Å². The number of hydrogen-bond donors (Lipinski definition) is 2. The van der Waals surface area contributed by atoms with Crippen LogP contribution in [0.2, 0.25) is 0 Å². The zero-order valence-electron chi connectivity index (χ0n) is 12.0. The molecule has 0 bridgehead atoms. The van der Waals surface area contributed by atoms with Crippen LogP contribution in [0.25, 0.3) is 0 Å². The van der Waals surface area contributed by atoms with Crippen molar-refractivity contribution in [1.82, 2.24) is 15.1 Å². The van der Waals surface area contributed by atoms with E-state index >= 15 is 0 Å². The van der Waals surface area contributed by atoms with Gasteiger partial charge in [-0.1, -0.05) is 20.3 Å². The molecule has 1 rings (SSSR count). The summed E-state index contributed by atoms with van der Waals surface area (Å²) in [7, 11) is 2.14. The molecule has 0 aromatic rings. The molecule has 1 fully saturated rings. The second-order valence-corrected chi connectivity index (χ2v) is 5.35. The van der Waals surface area contributed by atoms with Gasteiger partial charge in [0.1, 0.15) is 0 Å². The fraction of sp³-hybridized carbons (Fsp3) is 0.923. The van der Waals surface area contributed by atoms with Crippen LogP contribution in [0.5, 0.6) is 0 Å². The molecule has 106 valence electrons. The zero-order chi connectivity index (χ0) is 13.5. The van der Waals surface area contributed by atoms with Gasteiger partial charge < -0.3 is 16.0 Å². The number of hydrogen-bond acceptors (Lipinski definition) is 4. The number of piperazine rings is 1. The van der Waals surface area contributed by atoms with Crippen LogP contribution < -0.4 is 11.1 Å². The highest BCUT2D eigenvalue weighted by Gasteiger charge is 2.19. The number of nitrogens with zero attached hydrogens (tertiary/aromatic N) is 2. The van der Waals surface area contributed by atoms with Crippen LogP contribution in [-0.2, 0) is 4.79 Å². The molecule has 5 nitrogen and oxygen atoms in total. The fourth-order valence-corrected chi connectivity index (χ4v) is 2.04. The second-order valence-electron chi connectivity index (χ2n) is 5.35. The number of likely N-dealkylation sites (N-methyl/N-ethyl adjacent to an activating group) is 1. The molecular formula is C13H28N4O. The van der Waals surface area contributed by atoms with Crippen molar-refractivity contribution in [2.24, 2.45) is 11.7 Å². The summed E-state index contributed by atoms with van der Waals surface area (Å²) in [4.78, 5) is 16.5. The largest absolute Gasteiger partial charge is 0.353 e. The van der Waals surface area contributed by atoms with Crippen LogP contribution in [-0.4, -0.2) is 68.1 Å². The van der Waals surface area contributed by atoms with E-state index in [2.05, 4.69) is 29.1 Å². The predicted octanol–water partition coefficient (Wildman–Crippen LogP) is -0.277. The van der Waals surface area contributed by atoms with E-state index in [1.807, 2.05) is 6.92 Å². The van der Waals surface area contributed by atoms with E-state index in [9.17, 15) is 4.79 Å². The van der Waals surface area contributed by atoms with Gasteiger partial charge in [-0.15, -0.1) is 0 Å². The molecule has 5 heteroatoms.